The number of carbonyl (C=O) groups excluding carboxylic acids is 1. The summed E-state index contributed by atoms with van der Waals surface area (Å²) in [6.45, 7) is 1.13. The molecule has 3 aromatic rings. The molecule has 3 aromatic carbocycles. The third kappa shape index (κ3) is 4.43. The lowest BCUT2D eigenvalue weighted by molar-refractivity contribution is -0.168. The summed E-state index contributed by atoms with van der Waals surface area (Å²) in [6, 6.07) is 16.8. The van der Waals surface area contributed by atoms with Gasteiger partial charge in [0.2, 0.25) is 5.91 Å². The zero-order chi connectivity index (χ0) is 27.6. The van der Waals surface area contributed by atoms with Crippen molar-refractivity contribution in [3.8, 4) is 0 Å². The molecule has 3 aliphatic rings. The zero-order valence-electron chi connectivity index (χ0n) is 20.2. The Morgan fingerprint density at radius 3 is 2.41 bits per heavy atom. The molecule has 3 heterocycles. The highest BCUT2D eigenvalue weighted by Gasteiger charge is 2.60. The van der Waals surface area contributed by atoms with Crippen LogP contribution < -0.4 is 0 Å². The van der Waals surface area contributed by atoms with Gasteiger partial charge in [0, 0.05) is 6.42 Å². The Balaban J connectivity index is 1.20. The number of amides is 1. The summed E-state index contributed by atoms with van der Waals surface area (Å²) < 4.78 is 65.1. The molecular weight excluding hydrogens is 575 g/mol. The van der Waals surface area contributed by atoms with Crippen molar-refractivity contribution in [1.29, 1.82) is 0 Å². The standard InChI is InChI=1S/C28H20Cl2F4N2O2S/c29-21-10-19(11-22(30)25(21)31)27(28(32,33)34)12-23(35-39-27)17-6-7-20-18(9-17)13-38-26(20)14-36(15-26)24(37)8-16-4-2-1-3-5-16/h1-7,9-11H,8,12-15H2. The van der Waals surface area contributed by atoms with Crippen LogP contribution in [0.15, 0.2) is 65.1 Å². The van der Waals surface area contributed by atoms with E-state index >= 15 is 0 Å². The van der Waals surface area contributed by atoms with Crippen LogP contribution in [0.1, 0.15) is 34.2 Å². The molecule has 6 rings (SSSR count). The molecular formula is C28H20Cl2F4N2O2S. The van der Waals surface area contributed by atoms with E-state index in [2.05, 4.69) is 4.40 Å². The molecule has 0 aromatic heterocycles. The van der Waals surface area contributed by atoms with Gasteiger partial charge in [-0.15, -0.1) is 0 Å². The first kappa shape index (κ1) is 26.6. The van der Waals surface area contributed by atoms with E-state index in [1.807, 2.05) is 36.4 Å². The Hall–Kier alpha value is -2.59. The van der Waals surface area contributed by atoms with E-state index in [1.54, 1.807) is 17.0 Å². The number of carbonyl (C=O) groups is 1. The Kier molecular flexibility index (Phi) is 6.49. The number of likely N-dealkylation sites (tertiary alicyclic amines) is 1. The molecule has 1 spiro atoms. The van der Waals surface area contributed by atoms with Gasteiger partial charge < -0.3 is 9.64 Å². The molecule has 0 radical (unpaired) electrons. The molecule has 4 nitrogen and oxygen atoms in total. The number of nitrogens with zero attached hydrogens (tertiary/aromatic N) is 2. The fourth-order valence-electron chi connectivity index (χ4n) is 5.37. The lowest BCUT2D eigenvalue weighted by atomic mass is 9.83. The molecule has 0 N–H and O–H groups in total. The van der Waals surface area contributed by atoms with Crippen molar-refractivity contribution in [2.45, 2.75) is 36.0 Å². The number of halogens is 6. The molecule has 39 heavy (non-hydrogen) atoms. The highest BCUT2D eigenvalue weighted by Crippen LogP contribution is 2.57. The van der Waals surface area contributed by atoms with Gasteiger partial charge in [-0.1, -0.05) is 65.7 Å². The van der Waals surface area contributed by atoms with Crippen LogP contribution in [0.2, 0.25) is 10.0 Å². The average molecular weight is 595 g/mol. The van der Waals surface area contributed by atoms with Gasteiger partial charge in [0.05, 0.1) is 41.9 Å². The van der Waals surface area contributed by atoms with Gasteiger partial charge in [0.1, 0.15) is 5.60 Å². The van der Waals surface area contributed by atoms with Gasteiger partial charge in [-0.3, -0.25) is 4.79 Å². The van der Waals surface area contributed by atoms with Crippen molar-refractivity contribution >= 4 is 46.8 Å². The van der Waals surface area contributed by atoms with Crippen molar-refractivity contribution in [1.82, 2.24) is 4.90 Å². The van der Waals surface area contributed by atoms with E-state index in [0.29, 0.717) is 37.0 Å². The summed E-state index contributed by atoms with van der Waals surface area (Å²) in [4.78, 5) is 14.5. The first-order valence-corrected chi connectivity index (χ1v) is 13.6. The smallest absolute Gasteiger partial charge is 0.362 e. The van der Waals surface area contributed by atoms with Crippen LogP contribution in [-0.2, 0) is 32.9 Å². The molecule has 1 fully saturated rings. The quantitative estimate of drug-likeness (QED) is 0.182. The minimum Gasteiger partial charge on any atom is -0.362 e. The molecule has 0 saturated carbocycles. The summed E-state index contributed by atoms with van der Waals surface area (Å²) in [5, 5.41) is -0.959. The van der Waals surface area contributed by atoms with E-state index in [9.17, 15) is 22.4 Å². The molecule has 1 amide bonds. The summed E-state index contributed by atoms with van der Waals surface area (Å²) >= 11 is 12.0. The Morgan fingerprint density at radius 2 is 1.74 bits per heavy atom. The molecule has 0 aliphatic carbocycles. The fraction of sp³-hybridized carbons (Fsp3) is 0.286. The van der Waals surface area contributed by atoms with Crippen molar-refractivity contribution in [2.24, 2.45) is 4.40 Å². The van der Waals surface area contributed by atoms with Crippen molar-refractivity contribution < 1.29 is 27.1 Å². The number of hydrogen-bond acceptors (Lipinski definition) is 4. The van der Waals surface area contributed by atoms with E-state index in [0.717, 1.165) is 28.8 Å². The number of hydrogen-bond donors (Lipinski definition) is 0. The maximum absolute atomic E-state index is 14.4. The van der Waals surface area contributed by atoms with Crippen LogP contribution in [0.25, 0.3) is 0 Å². The third-order valence-electron chi connectivity index (χ3n) is 7.51. The van der Waals surface area contributed by atoms with Crippen LogP contribution in [0, 0.1) is 5.82 Å². The van der Waals surface area contributed by atoms with Gasteiger partial charge in [-0.2, -0.15) is 13.2 Å². The van der Waals surface area contributed by atoms with Crippen LogP contribution in [0.5, 0.6) is 0 Å². The zero-order valence-corrected chi connectivity index (χ0v) is 22.5. The predicted molar refractivity (Wildman–Crippen MR) is 143 cm³/mol. The van der Waals surface area contributed by atoms with Crippen LogP contribution in [0.3, 0.4) is 0 Å². The first-order valence-electron chi connectivity index (χ1n) is 12.1. The monoisotopic (exact) mass is 594 g/mol. The third-order valence-corrected chi connectivity index (χ3v) is 9.30. The summed E-state index contributed by atoms with van der Waals surface area (Å²) in [5.41, 5.74) is 2.66. The Bertz CT molecular complexity index is 1490. The molecule has 1 atom stereocenters. The van der Waals surface area contributed by atoms with Crippen LogP contribution in [-0.4, -0.2) is 35.8 Å². The Labute approximate surface area is 236 Å². The van der Waals surface area contributed by atoms with Crippen molar-refractivity contribution in [2.75, 3.05) is 13.1 Å². The van der Waals surface area contributed by atoms with Gasteiger partial charge in [0.15, 0.2) is 10.6 Å². The molecule has 1 saturated heterocycles. The largest absolute Gasteiger partial charge is 0.409 e. The normalized spacial score (nSPS) is 21.6. The molecule has 3 aliphatic heterocycles. The number of benzene rings is 3. The minimum absolute atomic E-state index is 0.0160. The lowest BCUT2D eigenvalue weighted by Crippen LogP contribution is -2.61. The topological polar surface area (TPSA) is 41.9 Å². The van der Waals surface area contributed by atoms with E-state index in [1.165, 1.54) is 0 Å². The van der Waals surface area contributed by atoms with Gasteiger partial charge in [0.25, 0.3) is 0 Å². The minimum atomic E-state index is -4.71. The predicted octanol–water partition coefficient (Wildman–Crippen LogP) is 7.24. The van der Waals surface area contributed by atoms with Crippen molar-refractivity contribution in [3.63, 3.8) is 0 Å². The summed E-state index contributed by atoms with van der Waals surface area (Å²) in [5.74, 6) is -0.949. The molecule has 11 heteroatoms. The number of rotatable bonds is 4. The van der Waals surface area contributed by atoms with Crippen molar-refractivity contribution in [3.05, 3.63) is 104 Å². The molecule has 202 valence electrons. The second-order valence-corrected chi connectivity index (χ2v) is 11.8. The average Bonchev–Trinajstić information content (AvgIpc) is 3.50. The summed E-state index contributed by atoms with van der Waals surface area (Å²) in [6.07, 6.45) is -4.86. The number of alkyl halides is 3. The summed E-state index contributed by atoms with van der Waals surface area (Å²) in [7, 11) is 0. The second kappa shape index (κ2) is 9.51. The van der Waals surface area contributed by atoms with Crippen LogP contribution in [0.4, 0.5) is 17.6 Å². The number of fused-ring (bicyclic) bond motifs is 2. The van der Waals surface area contributed by atoms with E-state index in [-0.39, 0.29) is 23.8 Å². The van der Waals surface area contributed by atoms with Crippen LogP contribution >= 0.6 is 35.1 Å². The fourth-order valence-corrected chi connectivity index (χ4v) is 6.82. The van der Waals surface area contributed by atoms with Gasteiger partial charge in [-0.25, -0.2) is 8.79 Å². The maximum Gasteiger partial charge on any atom is 0.409 e. The van der Waals surface area contributed by atoms with E-state index < -0.39 is 38.8 Å². The molecule has 1 unspecified atom stereocenters. The van der Waals surface area contributed by atoms with Gasteiger partial charge >= 0.3 is 6.18 Å². The highest BCUT2D eigenvalue weighted by atomic mass is 35.5. The second-order valence-electron chi connectivity index (χ2n) is 9.95. The SMILES string of the molecule is O=C(Cc1ccccc1)N1CC2(C1)OCc1cc(C3=NSC(c4cc(Cl)c(F)c(Cl)c4)(C(F)(F)F)C3)ccc12. The van der Waals surface area contributed by atoms with Gasteiger partial charge in [-0.05, 0) is 58.0 Å². The van der Waals surface area contributed by atoms with E-state index in [4.69, 9.17) is 27.9 Å². The first-order chi connectivity index (χ1) is 18.5. The molecule has 0 bridgehead atoms. The maximum atomic E-state index is 14.4. The lowest BCUT2D eigenvalue weighted by Gasteiger charge is -2.47. The number of ether oxygens (including phenoxy) is 1. The highest BCUT2D eigenvalue weighted by molar-refractivity contribution is 7.99. The Morgan fingerprint density at radius 1 is 1.05 bits per heavy atom.